The van der Waals surface area contributed by atoms with Gasteiger partial charge in [-0.05, 0) is 53.4 Å². The molecule has 0 spiro atoms. The van der Waals surface area contributed by atoms with Gasteiger partial charge < -0.3 is 20.9 Å². The Morgan fingerprint density at radius 2 is 1.75 bits per heavy atom. The standard InChI is InChI=1S/C19H39N5/c1-5-20-18(21-12-13-22-19(2,3)4)23-16-10-14-24(15-11-16)17-8-6-7-9-17/h16-17,22H,5-15H2,1-4H3,(H2,20,21,23). The Kier molecular flexibility index (Phi) is 7.82. The summed E-state index contributed by atoms with van der Waals surface area (Å²) in [6, 6.07) is 1.44. The third-order valence-corrected chi connectivity index (χ3v) is 5.09. The number of nitrogens with zero attached hydrogens (tertiary/aromatic N) is 2. The molecule has 5 nitrogen and oxygen atoms in total. The minimum absolute atomic E-state index is 0.161. The third-order valence-electron chi connectivity index (χ3n) is 5.09. The zero-order chi connectivity index (χ0) is 17.4. The highest BCUT2D eigenvalue weighted by Gasteiger charge is 2.27. The summed E-state index contributed by atoms with van der Waals surface area (Å²) in [6.07, 6.45) is 8.18. The molecule has 0 aromatic heterocycles. The van der Waals surface area contributed by atoms with Crippen LogP contribution in [0.15, 0.2) is 4.99 Å². The molecule has 1 heterocycles. The van der Waals surface area contributed by atoms with Crippen LogP contribution in [0.25, 0.3) is 0 Å². The number of hydrogen-bond donors (Lipinski definition) is 3. The van der Waals surface area contributed by atoms with E-state index in [0.717, 1.165) is 31.6 Å². The van der Waals surface area contributed by atoms with Crippen LogP contribution in [0, 0.1) is 0 Å². The minimum Gasteiger partial charge on any atom is -0.357 e. The molecule has 5 heteroatoms. The highest BCUT2D eigenvalue weighted by Crippen LogP contribution is 2.26. The molecule has 1 aliphatic carbocycles. The van der Waals surface area contributed by atoms with Crippen LogP contribution in [0.1, 0.15) is 66.2 Å². The van der Waals surface area contributed by atoms with Gasteiger partial charge >= 0.3 is 0 Å². The zero-order valence-electron chi connectivity index (χ0n) is 16.3. The number of nitrogens with one attached hydrogen (secondary N) is 3. The summed E-state index contributed by atoms with van der Waals surface area (Å²) in [4.78, 5) is 7.45. The van der Waals surface area contributed by atoms with E-state index in [9.17, 15) is 0 Å². The quantitative estimate of drug-likeness (QED) is 0.396. The molecule has 1 aliphatic heterocycles. The van der Waals surface area contributed by atoms with Crippen molar-refractivity contribution in [2.45, 2.75) is 83.8 Å². The first-order chi connectivity index (χ1) is 11.5. The van der Waals surface area contributed by atoms with Crippen LogP contribution >= 0.6 is 0 Å². The molecule has 0 unspecified atom stereocenters. The lowest BCUT2D eigenvalue weighted by molar-refractivity contribution is 0.150. The second kappa shape index (κ2) is 9.62. The van der Waals surface area contributed by atoms with Crippen molar-refractivity contribution in [3.63, 3.8) is 0 Å². The maximum atomic E-state index is 4.73. The van der Waals surface area contributed by atoms with Crippen LogP contribution in [-0.4, -0.2) is 61.2 Å². The average Bonchev–Trinajstić information content (AvgIpc) is 3.06. The molecule has 3 N–H and O–H groups in total. The van der Waals surface area contributed by atoms with Gasteiger partial charge in [-0.3, -0.25) is 4.99 Å². The van der Waals surface area contributed by atoms with Crippen LogP contribution < -0.4 is 16.0 Å². The second-order valence-corrected chi connectivity index (χ2v) is 8.33. The van der Waals surface area contributed by atoms with Gasteiger partial charge in [0, 0.05) is 43.8 Å². The molecule has 24 heavy (non-hydrogen) atoms. The van der Waals surface area contributed by atoms with Crippen molar-refractivity contribution in [3.8, 4) is 0 Å². The fraction of sp³-hybridized carbons (Fsp3) is 0.947. The van der Waals surface area contributed by atoms with Gasteiger partial charge in [-0.15, -0.1) is 0 Å². The van der Waals surface area contributed by atoms with Gasteiger partial charge in [0.15, 0.2) is 5.96 Å². The summed E-state index contributed by atoms with van der Waals surface area (Å²) < 4.78 is 0. The first-order valence-electron chi connectivity index (χ1n) is 10.0. The monoisotopic (exact) mass is 337 g/mol. The van der Waals surface area contributed by atoms with E-state index < -0.39 is 0 Å². The lowest BCUT2D eigenvalue weighted by Crippen LogP contribution is -2.50. The number of guanidine groups is 1. The summed E-state index contributed by atoms with van der Waals surface area (Å²) in [5.41, 5.74) is 0.161. The number of piperidine rings is 1. The van der Waals surface area contributed by atoms with E-state index >= 15 is 0 Å². The predicted molar refractivity (Wildman–Crippen MR) is 104 cm³/mol. The molecule has 1 saturated carbocycles. The van der Waals surface area contributed by atoms with Crippen molar-refractivity contribution in [2.24, 2.45) is 4.99 Å². The summed E-state index contributed by atoms with van der Waals surface area (Å²) >= 11 is 0. The molecule has 0 aromatic rings. The Morgan fingerprint density at radius 3 is 2.33 bits per heavy atom. The third kappa shape index (κ3) is 6.98. The Morgan fingerprint density at radius 1 is 1.08 bits per heavy atom. The Hall–Kier alpha value is -0.810. The van der Waals surface area contributed by atoms with E-state index in [1.807, 2.05) is 0 Å². The number of hydrogen-bond acceptors (Lipinski definition) is 3. The Balaban J connectivity index is 1.72. The first-order valence-corrected chi connectivity index (χ1v) is 10.0. The van der Waals surface area contributed by atoms with Crippen LogP contribution in [-0.2, 0) is 0 Å². The molecule has 0 bridgehead atoms. The summed E-state index contributed by atoms with van der Waals surface area (Å²) in [5.74, 6) is 0.979. The fourth-order valence-corrected chi connectivity index (χ4v) is 3.79. The lowest BCUT2D eigenvalue weighted by Gasteiger charge is -2.36. The lowest BCUT2D eigenvalue weighted by atomic mass is 10.0. The predicted octanol–water partition coefficient (Wildman–Crippen LogP) is 2.34. The highest BCUT2D eigenvalue weighted by atomic mass is 15.2. The number of rotatable bonds is 6. The smallest absolute Gasteiger partial charge is 0.191 e. The molecule has 2 rings (SSSR count). The van der Waals surface area contributed by atoms with Crippen LogP contribution in [0.4, 0.5) is 0 Å². The average molecular weight is 338 g/mol. The molecule has 140 valence electrons. The second-order valence-electron chi connectivity index (χ2n) is 8.33. The zero-order valence-corrected chi connectivity index (χ0v) is 16.3. The van der Waals surface area contributed by atoms with Gasteiger partial charge in [0.25, 0.3) is 0 Å². The van der Waals surface area contributed by atoms with Crippen molar-refractivity contribution < 1.29 is 0 Å². The van der Waals surface area contributed by atoms with Crippen LogP contribution in [0.5, 0.6) is 0 Å². The molecule has 0 aromatic carbocycles. The van der Waals surface area contributed by atoms with Crippen molar-refractivity contribution in [1.82, 2.24) is 20.9 Å². The van der Waals surface area contributed by atoms with Gasteiger partial charge in [0.1, 0.15) is 0 Å². The van der Waals surface area contributed by atoms with E-state index in [1.165, 1.54) is 51.6 Å². The molecule has 0 radical (unpaired) electrons. The van der Waals surface area contributed by atoms with Crippen LogP contribution in [0.2, 0.25) is 0 Å². The van der Waals surface area contributed by atoms with Gasteiger partial charge in [0.05, 0.1) is 6.54 Å². The number of likely N-dealkylation sites (tertiary alicyclic amines) is 1. The fourth-order valence-electron chi connectivity index (χ4n) is 3.79. The summed E-state index contributed by atoms with van der Waals surface area (Å²) in [5, 5.41) is 10.5. The molecule has 0 amide bonds. The molecule has 2 fully saturated rings. The van der Waals surface area contributed by atoms with E-state index in [0.29, 0.717) is 6.04 Å². The van der Waals surface area contributed by atoms with Crippen LogP contribution in [0.3, 0.4) is 0 Å². The van der Waals surface area contributed by atoms with Crippen molar-refractivity contribution in [1.29, 1.82) is 0 Å². The highest BCUT2D eigenvalue weighted by molar-refractivity contribution is 5.80. The topological polar surface area (TPSA) is 51.7 Å². The molecule has 0 atom stereocenters. The van der Waals surface area contributed by atoms with Crippen molar-refractivity contribution in [2.75, 3.05) is 32.7 Å². The van der Waals surface area contributed by atoms with Crippen molar-refractivity contribution in [3.05, 3.63) is 0 Å². The maximum absolute atomic E-state index is 4.73. The summed E-state index contributed by atoms with van der Waals surface area (Å²) in [6.45, 7) is 13.8. The van der Waals surface area contributed by atoms with E-state index in [1.54, 1.807) is 0 Å². The largest absolute Gasteiger partial charge is 0.357 e. The SMILES string of the molecule is CCNC(=NCCNC(C)(C)C)NC1CCN(C2CCCC2)CC1. The Bertz CT molecular complexity index is 374. The van der Waals surface area contributed by atoms with Gasteiger partial charge in [-0.1, -0.05) is 12.8 Å². The van der Waals surface area contributed by atoms with Gasteiger partial charge in [-0.2, -0.15) is 0 Å². The number of aliphatic imine (C=N–C) groups is 1. The van der Waals surface area contributed by atoms with E-state index in [-0.39, 0.29) is 5.54 Å². The van der Waals surface area contributed by atoms with Gasteiger partial charge in [-0.25, -0.2) is 0 Å². The first kappa shape index (κ1) is 19.5. The molecule has 1 saturated heterocycles. The molecular formula is C19H39N5. The maximum Gasteiger partial charge on any atom is 0.191 e. The molecular weight excluding hydrogens is 298 g/mol. The molecule has 2 aliphatic rings. The minimum atomic E-state index is 0.161. The van der Waals surface area contributed by atoms with Gasteiger partial charge in [0.2, 0.25) is 0 Å². The van der Waals surface area contributed by atoms with E-state index in [2.05, 4.69) is 48.5 Å². The normalized spacial score (nSPS) is 22.1. The Labute approximate surface area is 149 Å². The van der Waals surface area contributed by atoms with E-state index in [4.69, 9.17) is 4.99 Å². The summed E-state index contributed by atoms with van der Waals surface area (Å²) in [7, 11) is 0. The van der Waals surface area contributed by atoms with Crippen molar-refractivity contribution >= 4 is 5.96 Å².